The summed E-state index contributed by atoms with van der Waals surface area (Å²) in [4.78, 5) is 4.02. The number of thioether (sulfide) groups is 1. The Bertz CT molecular complexity index is 444. The lowest BCUT2D eigenvalue weighted by Crippen LogP contribution is -2.48. The maximum Gasteiger partial charge on any atom is 0.396 e. The second kappa shape index (κ2) is 12.6. The maximum atomic E-state index is 13.1. The minimum absolute atomic E-state index is 0.00222. The molecule has 0 saturated carbocycles. The van der Waals surface area contributed by atoms with Gasteiger partial charge in [-0.15, -0.1) is 11.8 Å². The Morgan fingerprint density at radius 1 is 0.964 bits per heavy atom. The number of unbranched alkanes of at least 4 members (excludes halogenated alkanes) is 2. The minimum atomic E-state index is -4.34. The first-order valence-electron chi connectivity index (χ1n) is 9.33. The van der Waals surface area contributed by atoms with E-state index in [1.54, 1.807) is 0 Å². The molecule has 0 heterocycles. The fourth-order valence-electron chi connectivity index (χ4n) is 2.90. The smallest absolute Gasteiger partial charge is 0.325 e. The van der Waals surface area contributed by atoms with Gasteiger partial charge in [0.2, 0.25) is 0 Å². The van der Waals surface area contributed by atoms with Crippen LogP contribution in [-0.2, 0) is 0 Å². The number of nitrogens with zero attached hydrogens (tertiary/aromatic N) is 1. The normalized spacial score (nSPS) is 16.3. The van der Waals surface area contributed by atoms with E-state index in [2.05, 4.69) is 17.6 Å². The lowest BCUT2D eigenvalue weighted by molar-refractivity contribution is -0.191. The summed E-state index contributed by atoms with van der Waals surface area (Å²) in [5.41, 5.74) is 4.35. The molecule has 2 nitrogen and oxygen atoms in total. The number of thiol groups is 1. The Balaban J connectivity index is 4.34. The molecule has 0 aromatic rings. The lowest BCUT2D eigenvalue weighted by Gasteiger charge is -2.32. The van der Waals surface area contributed by atoms with Gasteiger partial charge in [-0.25, -0.2) is 0 Å². The summed E-state index contributed by atoms with van der Waals surface area (Å²) in [5, 5.41) is 0. The van der Waals surface area contributed by atoms with Crippen LogP contribution in [0.25, 0.3) is 0 Å². The highest BCUT2D eigenvalue weighted by molar-refractivity contribution is 7.99. The second-order valence-electron chi connectivity index (χ2n) is 7.56. The Morgan fingerprint density at radius 2 is 1.54 bits per heavy atom. The number of aliphatic imine (C=N–C) groups is 1. The van der Waals surface area contributed by atoms with Crippen LogP contribution < -0.4 is 5.73 Å². The molecular weight excluding hydrogens is 422 g/mol. The molecule has 0 spiro atoms. The van der Waals surface area contributed by atoms with Crippen LogP contribution in [0.3, 0.4) is 0 Å². The van der Waals surface area contributed by atoms with Crippen molar-refractivity contribution in [2.45, 2.75) is 77.2 Å². The van der Waals surface area contributed by atoms with Gasteiger partial charge in [0, 0.05) is 11.3 Å². The van der Waals surface area contributed by atoms with Crippen LogP contribution in [0.15, 0.2) is 4.99 Å². The molecule has 0 fully saturated rings. The Morgan fingerprint density at radius 3 is 2.00 bits per heavy atom. The first kappa shape index (κ1) is 27.9. The molecule has 0 amide bonds. The van der Waals surface area contributed by atoms with Gasteiger partial charge >= 0.3 is 12.4 Å². The van der Waals surface area contributed by atoms with E-state index in [1.807, 2.05) is 0 Å². The molecule has 10 heteroatoms. The van der Waals surface area contributed by atoms with E-state index >= 15 is 0 Å². The summed E-state index contributed by atoms with van der Waals surface area (Å²) < 4.78 is 78.5. The molecule has 2 atom stereocenters. The zero-order valence-corrected chi connectivity index (χ0v) is 18.4. The SMILES string of the molecule is CC(=NCSCCCCC(C(C)(C)N)C(F)(F)F)C(CCCCS)C(F)(F)F. The van der Waals surface area contributed by atoms with E-state index in [4.69, 9.17) is 5.73 Å². The van der Waals surface area contributed by atoms with Crippen molar-refractivity contribution in [2.24, 2.45) is 22.6 Å². The predicted molar refractivity (Wildman–Crippen MR) is 109 cm³/mol. The molecule has 0 saturated heterocycles. The summed E-state index contributed by atoms with van der Waals surface area (Å²) in [5.74, 6) is -1.85. The van der Waals surface area contributed by atoms with Crippen LogP contribution in [0, 0.1) is 11.8 Å². The van der Waals surface area contributed by atoms with Gasteiger partial charge in [0.05, 0.1) is 17.7 Å². The van der Waals surface area contributed by atoms with Crippen LogP contribution in [0.5, 0.6) is 0 Å². The van der Waals surface area contributed by atoms with Crippen LogP contribution >= 0.6 is 24.4 Å². The van der Waals surface area contributed by atoms with Gasteiger partial charge in [0.25, 0.3) is 0 Å². The molecular formula is C18H32F6N2S2. The van der Waals surface area contributed by atoms with Crippen LogP contribution in [0.4, 0.5) is 26.3 Å². The van der Waals surface area contributed by atoms with Gasteiger partial charge in [0.15, 0.2) is 0 Å². The number of halogens is 6. The molecule has 0 aliphatic rings. The zero-order chi connectivity index (χ0) is 22.0. The fraction of sp³-hybridized carbons (Fsp3) is 0.944. The van der Waals surface area contributed by atoms with E-state index < -0.39 is 29.7 Å². The van der Waals surface area contributed by atoms with E-state index in [1.165, 1.54) is 32.5 Å². The fourth-order valence-corrected chi connectivity index (χ4v) is 3.96. The highest BCUT2D eigenvalue weighted by atomic mass is 32.2. The highest BCUT2D eigenvalue weighted by Gasteiger charge is 2.46. The Labute approximate surface area is 173 Å². The van der Waals surface area contributed by atoms with Gasteiger partial charge in [-0.2, -0.15) is 39.0 Å². The Kier molecular flexibility index (Phi) is 12.5. The Hall–Kier alpha value is -0.0900. The zero-order valence-electron chi connectivity index (χ0n) is 16.7. The molecule has 0 rings (SSSR count). The van der Waals surface area contributed by atoms with Crippen molar-refractivity contribution >= 4 is 30.1 Å². The number of hydrogen-bond donors (Lipinski definition) is 2. The quantitative estimate of drug-likeness (QED) is 0.144. The number of rotatable bonds is 13. The van der Waals surface area contributed by atoms with E-state index in [-0.39, 0.29) is 24.4 Å². The molecule has 2 unspecified atom stereocenters. The monoisotopic (exact) mass is 454 g/mol. The van der Waals surface area contributed by atoms with Gasteiger partial charge in [-0.05, 0) is 58.0 Å². The molecule has 0 aliphatic carbocycles. The van der Waals surface area contributed by atoms with E-state index in [0.29, 0.717) is 37.2 Å². The van der Waals surface area contributed by atoms with Crippen LogP contribution in [0.1, 0.15) is 59.3 Å². The molecule has 0 aromatic carbocycles. The third kappa shape index (κ3) is 11.8. The highest BCUT2D eigenvalue weighted by Crippen LogP contribution is 2.37. The van der Waals surface area contributed by atoms with Crippen molar-refractivity contribution in [1.29, 1.82) is 0 Å². The van der Waals surface area contributed by atoms with Crippen molar-refractivity contribution in [1.82, 2.24) is 0 Å². The molecule has 0 bridgehead atoms. The molecule has 28 heavy (non-hydrogen) atoms. The van der Waals surface area contributed by atoms with Crippen molar-refractivity contribution in [3.8, 4) is 0 Å². The maximum absolute atomic E-state index is 13.1. The minimum Gasteiger partial charge on any atom is -0.325 e. The molecule has 168 valence electrons. The first-order chi connectivity index (χ1) is 12.7. The molecule has 0 aliphatic heterocycles. The van der Waals surface area contributed by atoms with Gasteiger partial charge < -0.3 is 5.73 Å². The first-order valence-corrected chi connectivity index (χ1v) is 11.1. The average Bonchev–Trinajstić information content (AvgIpc) is 2.50. The molecule has 0 radical (unpaired) electrons. The van der Waals surface area contributed by atoms with Crippen molar-refractivity contribution < 1.29 is 26.3 Å². The third-order valence-electron chi connectivity index (χ3n) is 4.53. The molecule has 2 N–H and O–H groups in total. The number of hydrogen-bond acceptors (Lipinski definition) is 4. The third-order valence-corrected chi connectivity index (χ3v) is 5.74. The predicted octanol–water partition coefficient (Wildman–Crippen LogP) is 6.50. The number of alkyl halides is 6. The van der Waals surface area contributed by atoms with Gasteiger partial charge in [-0.3, -0.25) is 4.99 Å². The van der Waals surface area contributed by atoms with Crippen molar-refractivity contribution in [3.05, 3.63) is 0 Å². The second-order valence-corrected chi connectivity index (χ2v) is 9.08. The molecule has 0 aromatic heterocycles. The van der Waals surface area contributed by atoms with Crippen molar-refractivity contribution in [3.63, 3.8) is 0 Å². The summed E-state index contributed by atoms with van der Waals surface area (Å²) in [6.45, 7) is 4.12. The summed E-state index contributed by atoms with van der Waals surface area (Å²) in [6.07, 6.45) is -6.78. The topological polar surface area (TPSA) is 38.4 Å². The van der Waals surface area contributed by atoms with Gasteiger partial charge in [0.1, 0.15) is 0 Å². The van der Waals surface area contributed by atoms with E-state index in [0.717, 1.165) is 0 Å². The number of nitrogens with two attached hydrogens (primary N) is 1. The summed E-state index contributed by atoms with van der Waals surface area (Å²) in [6, 6.07) is 0. The summed E-state index contributed by atoms with van der Waals surface area (Å²) >= 11 is 5.33. The summed E-state index contributed by atoms with van der Waals surface area (Å²) in [7, 11) is 0. The van der Waals surface area contributed by atoms with Crippen LogP contribution in [0.2, 0.25) is 0 Å². The lowest BCUT2D eigenvalue weighted by atomic mass is 9.84. The van der Waals surface area contributed by atoms with E-state index in [9.17, 15) is 26.3 Å². The van der Waals surface area contributed by atoms with Gasteiger partial charge in [-0.1, -0.05) is 12.8 Å². The average molecular weight is 455 g/mol. The van der Waals surface area contributed by atoms with Crippen LogP contribution in [-0.4, -0.2) is 41.0 Å². The largest absolute Gasteiger partial charge is 0.396 e. The van der Waals surface area contributed by atoms with Crippen molar-refractivity contribution in [2.75, 3.05) is 17.4 Å². The standard InChI is InChI=1S/C18H32F6N2S2/c1-13(14(17(19,20)21)8-4-6-10-27)26-12-28-11-7-5-9-15(16(2,3)25)18(22,23)24/h14-15,27H,4-12,25H2,1-3H3.